The zero-order valence-corrected chi connectivity index (χ0v) is 7.95. The second kappa shape index (κ2) is 6.25. The van der Waals surface area contributed by atoms with Gasteiger partial charge in [-0.05, 0) is 19.9 Å². The summed E-state index contributed by atoms with van der Waals surface area (Å²) in [5.41, 5.74) is 6.64. The molecule has 0 saturated carbocycles. The summed E-state index contributed by atoms with van der Waals surface area (Å²) >= 11 is 1.59. The average Bonchev–Trinajstić information content (AvgIpc) is 1.97. The summed E-state index contributed by atoms with van der Waals surface area (Å²) in [6.07, 6.45) is 5.90. The fraction of sp³-hybridized carbons (Fsp3) is 0.333. The molecule has 0 saturated heterocycles. The van der Waals surface area contributed by atoms with E-state index in [1.807, 2.05) is 12.2 Å². The lowest BCUT2D eigenvalue weighted by Gasteiger charge is -1.95. The number of hydrogen-bond acceptors (Lipinski definition) is 2. The molecular weight excluding hydrogens is 154 g/mol. The molecule has 0 spiro atoms. The van der Waals surface area contributed by atoms with Gasteiger partial charge in [-0.3, -0.25) is 0 Å². The summed E-state index contributed by atoms with van der Waals surface area (Å²) in [6.45, 7) is 7.80. The highest BCUT2D eigenvalue weighted by Gasteiger charge is 1.86. The normalized spacial score (nSPS) is 11.0. The van der Waals surface area contributed by atoms with Crippen molar-refractivity contribution < 1.29 is 0 Å². The maximum Gasteiger partial charge on any atom is 0.0440 e. The van der Waals surface area contributed by atoms with Gasteiger partial charge in [0.15, 0.2) is 0 Å². The summed E-state index contributed by atoms with van der Waals surface area (Å²) in [7, 11) is 0. The van der Waals surface area contributed by atoms with Crippen LogP contribution in [0.2, 0.25) is 0 Å². The van der Waals surface area contributed by atoms with E-state index in [0.717, 1.165) is 4.91 Å². The molecule has 0 aliphatic carbocycles. The van der Waals surface area contributed by atoms with Crippen LogP contribution in [0.1, 0.15) is 13.8 Å². The first-order valence-corrected chi connectivity index (χ1v) is 4.49. The van der Waals surface area contributed by atoms with E-state index in [9.17, 15) is 0 Å². The largest absolute Gasteiger partial charge is 0.322 e. The van der Waals surface area contributed by atoms with Crippen LogP contribution in [0, 0.1) is 0 Å². The Morgan fingerprint density at radius 3 is 2.45 bits per heavy atom. The van der Waals surface area contributed by atoms with Crippen molar-refractivity contribution in [3.63, 3.8) is 0 Å². The van der Waals surface area contributed by atoms with Crippen LogP contribution in [-0.2, 0) is 0 Å². The molecule has 0 amide bonds. The van der Waals surface area contributed by atoms with Crippen LogP contribution in [0.5, 0.6) is 0 Å². The molecule has 11 heavy (non-hydrogen) atoms. The van der Waals surface area contributed by atoms with E-state index in [2.05, 4.69) is 26.5 Å². The third-order valence-corrected chi connectivity index (χ3v) is 1.83. The van der Waals surface area contributed by atoms with Crippen molar-refractivity contribution in [1.29, 1.82) is 0 Å². The molecule has 2 heteroatoms. The zero-order chi connectivity index (χ0) is 8.69. The first-order valence-electron chi connectivity index (χ1n) is 3.51. The smallest absolute Gasteiger partial charge is 0.0440 e. The van der Waals surface area contributed by atoms with Gasteiger partial charge in [0.2, 0.25) is 0 Å². The van der Waals surface area contributed by atoms with Crippen LogP contribution >= 0.6 is 11.8 Å². The van der Waals surface area contributed by atoms with Gasteiger partial charge in [-0.25, -0.2) is 0 Å². The van der Waals surface area contributed by atoms with Gasteiger partial charge < -0.3 is 5.73 Å². The minimum atomic E-state index is 0.606. The van der Waals surface area contributed by atoms with Crippen LogP contribution in [0.15, 0.2) is 35.3 Å². The zero-order valence-electron chi connectivity index (χ0n) is 7.13. The Bertz CT molecular complexity index is 176. The molecule has 0 unspecified atom stereocenters. The molecule has 0 heterocycles. The third kappa shape index (κ3) is 5.95. The van der Waals surface area contributed by atoms with E-state index in [0.29, 0.717) is 5.88 Å². The van der Waals surface area contributed by atoms with Crippen molar-refractivity contribution in [2.45, 2.75) is 13.8 Å². The van der Waals surface area contributed by atoms with Crippen molar-refractivity contribution in [2.75, 3.05) is 5.88 Å². The molecule has 1 nitrogen and oxygen atoms in total. The molecule has 0 aromatic heterocycles. The molecule has 0 aromatic carbocycles. The van der Waals surface area contributed by atoms with Gasteiger partial charge >= 0.3 is 0 Å². The monoisotopic (exact) mass is 169 g/mol. The van der Waals surface area contributed by atoms with Crippen molar-refractivity contribution in [3.8, 4) is 0 Å². The summed E-state index contributed by atoms with van der Waals surface area (Å²) < 4.78 is 0. The Hall–Kier alpha value is -0.470. The molecular formula is C9H15NS. The molecule has 0 atom stereocenters. The first-order chi connectivity index (χ1) is 5.20. The number of hydrogen-bond donors (Lipinski definition) is 1. The highest BCUT2D eigenvalue weighted by atomic mass is 32.2. The average molecular weight is 169 g/mol. The minimum absolute atomic E-state index is 0.606. The fourth-order valence-corrected chi connectivity index (χ4v) is 0.995. The Labute approximate surface area is 73.1 Å². The van der Waals surface area contributed by atoms with E-state index >= 15 is 0 Å². The van der Waals surface area contributed by atoms with Crippen molar-refractivity contribution in [3.05, 3.63) is 35.3 Å². The minimum Gasteiger partial charge on any atom is -0.322 e. The van der Waals surface area contributed by atoms with Crippen molar-refractivity contribution in [2.24, 2.45) is 5.73 Å². The van der Waals surface area contributed by atoms with E-state index in [4.69, 9.17) is 5.73 Å². The number of nitrogens with two attached hydrogens (primary N) is 1. The Morgan fingerprint density at radius 2 is 2.09 bits per heavy atom. The van der Waals surface area contributed by atoms with E-state index < -0.39 is 0 Å². The second-order valence-corrected chi connectivity index (χ2v) is 3.42. The van der Waals surface area contributed by atoms with Crippen LogP contribution in [0.4, 0.5) is 0 Å². The molecule has 0 rings (SSSR count). The van der Waals surface area contributed by atoms with E-state index in [1.54, 1.807) is 11.8 Å². The lowest BCUT2D eigenvalue weighted by molar-refractivity contribution is 1.39. The molecule has 0 aliphatic rings. The molecule has 2 N–H and O–H groups in total. The van der Waals surface area contributed by atoms with Gasteiger partial charge in [0.1, 0.15) is 0 Å². The number of rotatable bonds is 4. The summed E-state index contributed by atoms with van der Waals surface area (Å²) in [4.78, 5) is 1.12. The fourth-order valence-electron chi connectivity index (χ4n) is 0.520. The van der Waals surface area contributed by atoms with Gasteiger partial charge in [0, 0.05) is 10.8 Å². The third-order valence-electron chi connectivity index (χ3n) is 1.03. The molecule has 0 fully saturated rings. The van der Waals surface area contributed by atoms with Crippen LogP contribution in [-0.4, -0.2) is 5.88 Å². The summed E-state index contributed by atoms with van der Waals surface area (Å²) in [6, 6.07) is 0. The summed E-state index contributed by atoms with van der Waals surface area (Å²) in [5, 5.41) is 0. The molecule has 0 bridgehead atoms. The highest BCUT2D eigenvalue weighted by molar-refractivity contribution is 8.03. The van der Waals surface area contributed by atoms with Gasteiger partial charge in [-0.1, -0.05) is 24.3 Å². The topological polar surface area (TPSA) is 26.0 Å². The molecule has 0 aromatic rings. The second-order valence-electron chi connectivity index (χ2n) is 2.33. The predicted octanol–water partition coefficient (Wildman–Crippen LogP) is 2.67. The lowest BCUT2D eigenvalue weighted by atomic mass is 10.3. The first kappa shape index (κ1) is 10.5. The SMILES string of the molecule is C=C/C(=C\C=C(C)C)SCN. The molecule has 0 aliphatic heterocycles. The number of thioether (sulfide) groups is 1. The van der Waals surface area contributed by atoms with Gasteiger partial charge in [-0.2, -0.15) is 0 Å². The van der Waals surface area contributed by atoms with Crippen molar-refractivity contribution >= 4 is 11.8 Å². The van der Waals surface area contributed by atoms with E-state index in [-0.39, 0.29) is 0 Å². The van der Waals surface area contributed by atoms with Gasteiger partial charge in [0.25, 0.3) is 0 Å². The maximum atomic E-state index is 5.37. The van der Waals surface area contributed by atoms with Crippen LogP contribution in [0.25, 0.3) is 0 Å². The standard InChI is InChI=1S/C9H15NS/c1-4-9(11-7-10)6-5-8(2)3/h4-6H,1,7,10H2,2-3H3/b9-6+. The molecule has 62 valence electrons. The van der Waals surface area contributed by atoms with Gasteiger partial charge in [-0.15, -0.1) is 11.8 Å². The molecule has 0 radical (unpaired) electrons. The number of allylic oxidation sites excluding steroid dienone is 4. The van der Waals surface area contributed by atoms with Crippen LogP contribution < -0.4 is 5.73 Å². The highest BCUT2D eigenvalue weighted by Crippen LogP contribution is 2.14. The Balaban J connectivity index is 4.11. The lowest BCUT2D eigenvalue weighted by Crippen LogP contribution is -1.91. The van der Waals surface area contributed by atoms with E-state index in [1.165, 1.54) is 5.57 Å². The summed E-state index contributed by atoms with van der Waals surface area (Å²) in [5.74, 6) is 0.606. The Kier molecular flexibility index (Phi) is 5.99. The quantitative estimate of drug-likeness (QED) is 0.517. The maximum absolute atomic E-state index is 5.37. The van der Waals surface area contributed by atoms with Crippen LogP contribution in [0.3, 0.4) is 0 Å². The van der Waals surface area contributed by atoms with Gasteiger partial charge in [0.05, 0.1) is 0 Å². The predicted molar refractivity (Wildman–Crippen MR) is 54.4 cm³/mol. The Morgan fingerprint density at radius 1 is 1.45 bits per heavy atom. The van der Waals surface area contributed by atoms with Crippen molar-refractivity contribution in [1.82, 2.24) is 0 Å².